The van der Waals surface area contributed by atoms with E-state index in [0.29, 0.717) is 0 Å². The van der Waals surface area contributed by atoms with Crippen LogP contribution in [0.1, 0.15) is 0 Å². The molecule has 0 bridgehead atoms. The first-order valence-electron chi connectivity index (χ1n) is 10.7. The normalized spacial score (nSPS) is 15.2. The van der Waals surface area contributed by atoms with E-state index in [0.717, 1.165) is 83.2 Å². The number of nitrogens with one attached hydrogen (secondary N) is 1. The summed E-state index contributed by atoms with van der Waals surface area (Å²) >= 11 is 1.58. The molecule has 1 fully saturated rings. The average molecular weight is 448 g/mol. The van der Waals surface area contributed by atoms with Gasteiger partial charge in [-0.3, -0.25) is 4.90 Å². The topological polar surface area (TPSA) is 59.0 Å². The van der Waals surface area contributed by atoms with E-state index in [9.17, 15) is 4.39 Å². The van der Waals surface area contributed by atoms with Crippen molar-refractivity contribution in [1.29, 1.82) is 0 Å². The highest BCUT2D eigenvalue weighted by atomic mass is 32.1. The summed E-state index contributed by atoms with van der Waals surface area (Å²) in [6, 6.07) is 8.99. The Morgan fingerprint density at radius 3 is 2.91 bits per heavy atom. The summed E-state index contributed by atoms with van der Waals surface area (Å²) in [7, 11) is 0. The Balaban J connectivity index is 1.37. The number of halogens is 1. The standard InChI is InChI=1S/C24H22FN5OS/c25-16-3-4-22-18(12-16)20(14-30(22)7-6-29-8-10-31-11-9-29)24-28-21(15-32-24)19-13-27-23-17(19)2-1-5-26-23/h1-5,12-15H,6-11H2,(H,26,27). The van der Waals surface area contributed by atoms with E-state index in [-0.39, 0.29) is 5.82 Å². The molecule has 6 nitrogen and oxygen atoms in total. The molecule has 1 aliphatic heterocycles. The van der Waals surface area contributed by atoms with E-state index in [2.05, 4.69) is 31.0 Å². The number of thiazole rings is 1. The molecule has 5 aromatic rings. The van der Waals surface area contributed by atoms with E-state index in [1.807, 2.05) is 24.4 Å². The number of H-pyrrole nitrogens is 1. The van der Waals surface area contributed by atoms with Gasteiger partial charge in [0.05, 0.1) is 18.9 Å². The van der Waals surface area contributed by atoms with Crippen LogP contribution < -0.4 is 0 Å². The predicted octanol–water partition coefficient (Wildman–Crippen LogP) is 4.78. The zero-order chi connectivity index (χ0) is 21.5. The lowest BCUT2D eigenvalue weighted by atomic mass is 10.1. The number of rotatable bonds is 5. The summed E-state index contributed by atoms with van der Waals surface area (Å²) in [6.07, 6.45) is 5.83. The van der Waals surface area contributed by atoms with Gasteiger partial charge in [0.1, 0.15) is 16.5 Å². The highest BCUT2D eigenvalue weighted by Gasteiger charge is 2.17. The van der Waals surface area contributed by atoms with Crippen molar-refractivity contribution < 1.29 is 9.13 Å². The quantitative estimate of drug-likeness (QED) is 0.421. The third-order valence-electron chi connectivity index (χ3n) is 6.07. The Morgan fingerprint density at radius 1 is 1.09 bits per heavy atom. The molecule has 1 saturated heterocycles. The van der Waals surface area contributed by atoms with E-state index in [4.69, 9.17) is 9.72 Å². The molecule has 1 aliphatic rings. The number of aromatic amines is 1. The fourth-order valence-corrected chi connectivity index (χ4v) is 5.23. The van der Waals surface area contributed by atoms with Crippen LogP contribution in [0.4, 0.5) is 4.39 Å². The van der Waals surface area contributed by atoms with Gasteiger partial charge in [0, 0.05) is 77.6 Å². The first-order chi connectivity index (χ1) is 15.8. The first-order valence-corrected chi connectivity index (χ1v) is 11.6. The second-order valence-corrected chi connectivity index (χ2v) is 8.85. The Morgan fingerprint density at radius 2 is 2.00 bits per heavy atom. The minimum absolute atomic E-state index is 0.232. The monoisotopic (exact) mass is 447 g/mol. The summed E-state index contributed by atoms with van der Waals surface area (Å²) in [6.45, 7) is 5.26. The molecule has 1 aromatic carbocycles. The molecule has 0 aliphatic carbocycles. The molecule has 0 spiro atoms. The molecule has 0 unspecified atom stereocenters. The van der Waals surface area contributed by atoms with Gasteiger partial charge in [0.2, 0.25) is 0 Å². The number of nitrogens with zero attached hydrogens (tertiary/aromatic N) is 4. The lowest BCUT2D eigenvalue weighted by Gasteiger charge is -2.26. The molecule has 162 valence electrons. The third-order valence-corrected chi connectivity index (χ3v) is 6.94. The largest absolute Gasteiger partial charge is 0.379 e. The molecule has 1 N–H and O–H groups in total. The van der Waals surface area contributed by atoms with Gasteiger partial charge < -0.3 is 14.3 Å². The van der Waals surface area contributed by atoms with Crippen LogP contribution in [0.25, 0.3) is 43.8 Å². The Hall–Kier alpha value is -3.07. The maximum Gasteiger partial charge on any atom is 0.137 e. The van der Waals surface area contributed by atoms with Crippen LogP contribution in [0.2, 0.25) is 0 Å². The van der Waals surface area contributed by atoms with E-state index < -0.39 is 0 Å². The molecule has 5 heterocycles. The van der Waals surface area contributed by atoms with E-state index in [1.54, 1.807) is 23.6 Å². The summed E-state index contributed by atoms with van der Waals surface area (Å²) < 4.78 is 21.8. The van der Waals surface area contributed by atoms with Crippen LogP contribution in [0, 0.1) is 5.82 Å². The van der Waals surface area contributed by atoms with Gasteiger partial charge >= 0.3 is 0 Å². The second kappa shape index (κ2) is 8.12. The number of morpholine rings is 1. The van der Waals surface area contributed by atoms with Crippen LogP contribution in [0.5, 0.6) is 0 Å². The Labute approximate surface area is 188 Å². The predicted molar refractivity (Wildman–Crippen MR) is 125 cm³/mol. The maximum absolute atomic E-state index is 14.2. The van der Waals surface area contributed by atoms with Gasteiger partial charge in [-0.15, -0.1) is 11.3 Å². The van der Waals surface area contributed by atoms with Crippen molar-refractivity contribution >= 4 is 33.3 Å². The first kappa shape index (κ1) is 19.6. The van der Waals surface area contributed by atoms with Gasteiger partial charge in [-0.05, 0) is 30.3 Å². The van der Waals surface area contributed by atoms with Crippen molar-refractivity contribution in [2.75, 3.05) is 32.8 Å². The molecule has 8 heteroatoms. The third kappa shape index (κ3) is 3.50. The lowest BCUT2D eigenvalue weighted by Crippen LogP contribution is -2.38. The smallest absolute Gasteiger partial charge is 0.137 e. The molecule has 0 radical (unpaired) electrons. The van der Waals surface area contributed by atoms with Crippen molar-refractivity contribution in [2.45, 2.75) is 6.54 Å². The fraction of sp³-hybridized carbons (Fsp3) is 0.250. The summed E-state index contributed by atoms with van der Waals surface area (Å²) in [5, 5.41) is 4.89. The number of hydrogen-bond donors (Lipinski definition) is 1. The highest BCUT2D eigenvalue weighted by molar-refractivity contribution is 7.13. The van der Waals surface area contributed by atoms with Gasteiger partial charge in [-0.1, -0.05) is 0 Å². The second-order valence-electron chi connectivity index (χ2n) is 7.99. The number of aromatic nitrogens is 4. The molecule has 0 saturated carbocycles. The number of hydrogen-bond acceptors (Lipinski definition) is 5. The van der Waals surface area contributed by atoms with Crippen molar-refractivity contribution in [1.82, 2.24) is 24.4 Å². The van der Waals surface area contributed by atoms with Crippen LogP contribution in [-0.4, -0.2) is 57.3 Å². The molecule has 0 atom stereocenters. The number of fused-ring (bicyclic) bond motifs is 2. The zero-order valence-corrected chi connectivity index (χ0v) is 18.2. The van der Waals surface area contributed by atoms with Crippen molar-refractivity contribution in [3.8, 4) is 21.8 Å². The summed E-state index contributed by atoms with van der Waals surface area (Å²) in [5.74, 6) is -0.232. The zero-order valence-electron chi connectivity index (χ0n) is 17.4. The molecule has 4 aromatic heterocycles. The minimum atomic E-state index is -0.232. The number of pyridine rings is 1. The van der Waals surface area contributed by atoms with Crippen molar-refractivity contribution in [3.05, 3.63) is 60.1 Å². The molecule has 32 heavy (non-hydrogen) atoms. The van der Waals surface area contributed by atoms with Crippen LogP contribution in [-0.2, 0) is 11.3 Å². The number of ether oxygens (including phenoxy) is 1. The molecular formula is C24H22FN5OS. The van der Waals surface area contributed by atoms with E-state index in [1.165, 1.54) is 6.07 Å². The van der Waals surface area contributed by atoms with Gasteiger partial charge in [0.25, 0.3) is 0 Å². The Kier molecular flexibility index (Phi) is 4.98. The van der Waals surface area contributed by atoms with Crippen molar-refractivity contribution in [3.63, 3.8) is 0 Å². The minimum Gasteiger partial charge on any atom is -0.379 e. The summed E-state index contributed by atoms with van der Waals surface area (Å²) in [5.41, 5.74) is 4.77. The summed E-state index contributed by atoms with van der Waals surface area (Å²) in [4.78, 5) is 14.9. The Bertz CT molecular complexity index is 1400. The molecular weight excluding hydrogens is 425 g/mol. The van der Waals surface area contributed by atoms with E-state index >= 15 is 0 Å². The highest BCUT2D eigenvalue weighted by Crippen LogP contribution is 2.36. The maximum atomic E-state index is 14.2. The van der Waals surface area contributed by atoms with Crippen LogP contribution in [0.15, 0.2) is 54.3 Å². The average Bonchev–Trinajstić information content (AvgIpc) is 3.55. The van der Waals surface area contributed by atoms with Crippen LogP contribution >= 0.6 is 11.3 Å². The molecule has 0 amide bonds. The molecule has 6 rings (SSSR count). The van der Waals surface area contributed by atoms with Gasteiger partial charge in [0.15, 0.2) is 0 Å². The lowest BCUT2D eigenvalue weighted by molar-refractivity contribution is 0.0365. The van der Waals surface area contributed by atoms with Gasteiger partial charge in [-0.2, -0.15) is 0 Å². The van der Waals surface area contributed by atoms with Gasteiger partial charge in [-0.25, -0.2) is 14.4 Å². The fourth-order valence-electron chi connectivity index (χ4n) is 4.39. The SMILES string of the molecule is Fc1ccc2c(c1)c(-c1nc(-c3c[nH]c4ncccc34)cs1)cn2CCN1CCOCC1. The van der Waals surface area contributed by atoms with Crippen LogP contribution in [0.3, 0.4) is 0 Å². The van der Waals surface area contributed by atoms with Crippen molar-refractivity contribution in [2.24, 2.45) is 0 Å². The number of benzene rings is 1.